The molecule has 0 radical (unpaired) electrons. The molecule has 2 heterocycles. The molecule has 1 aromatic carbocycles. The normalized spacial score (nSPS) is 25.8. The zero-order valence-corrected chi connectivity index (χ0v) is 15.4. The second kappa shape index (κ2) is 7.43. The number of aryl methyl sites for hydroxylation is 2. The van der Waals surface area contributed by atoms with Gasteiger partial charge in [0.05, 0.1) is 24.2 Å². The van der Waals surface area contributed by atoms with Crippen molar-refractivity contribution >= 4 is 15.7 Å². The summed E-state index contributed by atoms with van der Waals surface area (Å²) in [6.45, 7) is 3.65. The molecule has 1 N–H and O–H groups in total. The van der Waals surface area contributed by atoms with Gasteiger partial charge in [-0.25, -0.2) is 8.42 Å². The van der Waals surface area contributed by atoms with Crippen LogP contribution in [0.5, 0.6) is 0 Å². The number of hydrogen-bond acceptors (Lipinski definition) is 5. The Morgan fingerprint density at radius 3 is 2.64 bits per heavy atom. The van der Waals surface area contributed by atoms with Crippen LogP contribution in [0.3, 0.4) is 0 Å². The first-order valence-corrected chi connectivity index (χ1v) is 10.6. The van der Waals surface area contributed by atoms with E-state index in [4.69, 9.17) is 0 Å². The first kappa shape index (κ1) is 18.4. The molecule has 6 nitrogen and oxygen atoms in total. The van der Waals surface area contributed by atoms with E-state index in [1.165, 1.54) is 5.56 Å². The van der Waals surface area contributed by atoms with E-state index in [-0.39, 0.29) is 36.1 Å². The Labute approximate surface area is 149 Å². The van der Waals surface area contributed by atoms with Crippen LogP contribution in [0.2, 0.25) is 0 Å². The van der Waals surface area contributed by atoms with Crippen molar-refractivity contribution in [3.63, 3.8) is 0 Å². The molecule has 0 aliphatic carbocycles. The largest absolute Gasteiger partial charge is 0.395 e. The average molecular weight is 366 g/mol. The number of aliphatic hydroxyl groups is 1. The maximum absolute atomic E-state index is 12.8. The fraction of sp³-hybridized carbons (Fsp3) is 0.611. The molecule has 138 valence electrons. The molecular weight excluding hydrogens is 340 g/mol. The van der Waals surface area contributed by atoms with Gasteiger partial charge in [-0.3, -0.25) is 9.69 Å². The predicted molar refractivity (Wildman–Crippen MR) is 96.1 cm³/mol. The molecule has 2 atom stereocenters. The van der Waals surface area contributed by atoms with Crippen LogP contribution in [0.25, 0.3) is 0 Å². The number of hydrogen-bond donors (Lipinski definition) is 1. The van der Waals surface area contributed by atoms with Gasteiger partial charge < -0.3 is 10.0 Å². The van der Waals surface area contributed by atoms with Gasteiger partial charge in [-0.15, -0.1) is 0 Å². The SMILES string of the molecule is Cc1ccccc1CCC(=O)N1CCN(CCO)[C@@H]2CS(=O)(=O)C[C@@H]21. The lowest BCUT2D eigenvalue weighted by Crippen LogP contribution is -2.61. The number of aliphatic hydroxyl groups excluding tert-OH is 1. The fourth-order valence-electron chi connectivity index (χ4n) is 4.02. The topological polar surface area (TPSA) is 77.9 Å². The lowest BCUT2D eigenvalue weighted by atomic mass is 10.0. The smallest absolute Gasteiger partial charge is 0.223 e. The quantitative estimate of drug-likeness (QED) is 0.807. The minimum atomic E-state index is -3.14. The molecule has 1 amide bonds. The van der Waals surface area contributed by atoms with Gasteiger partial charge in [0.25, 0.3) is 0 Å². The van der Waals surface area contributed by atoms with Gasteiger partial charge in [0.2, 0.25) is 5.91 Å². The number of nitrogens with zero attached hydrogens (tertiary/aromatic N) is 2. The molecule has 3 rings (SSSR count). The molecule has 0 bridgehead atoms. The summed E-state index contributed by atoms with van der Waals surface area (Å²) in [7, 11) is -3.14. The summed E-state index contributed by atoms with van der Waals surface area (Å²) < 4.78 is 24.2. The zero-order chi connectivity index (χ0) is 18.0. The number of sulfone groups is 1. The molecule has 0 saturated carbocycles. The summed E-state index contributed by atoms with van der Waals surface area (Å²) in [6, 6.07) is 7.55. The fourth-order valence-corrected chi connectivity index (χ4v) is 6.03. The number of amides is 1. The van der Waals surface area contributed by atoms with E-state index >= 15 is 0 Å². The highest BCUT2D eigenvalue weighted by Gasteiger charge is 2.47. The van der Waals surface area contributed by atoms with Crippen molar-refractivity contribution in [1.82, 2.24) is 9.80 Å². The van der Waals surface area contributed by atoms with Crippen molar-refractivity contribution in [3.05, 3.63) is 35.4 Å². The van der Waals surface area contributed by atoms with E-state index in [2.05, 4.69) is 0 Å². The van der Waals surface area contributed by atoms with Crippen LogP contribution in [0.4, 0.5) is 0 Å². The Balaban J connectivity index is 1.69. The molecule has 0 spiro atoms. The molecule has 0 unspecified atom stereocenters. The standard InChI is InChI=1S/C18H26N2O4S/c1-14-4-2-3-5-15(14)6-7-18(22)20-9-8-19(10-11-21)16-12-25(23,24)13-17(16)20/h2-5,16-17,21H,6-13H2,1H3/t16-,17+/m1/s1. The summed E-state index contributed by atoms with van der Waals surface area (Å²) in [5.41, 5.74) is 2.33. The third-order valence-electron chi connectivity index (χ3n) is 5.37. The first-order chi connectivity index (χ1) is 11.9. The third-order valence-corrected chi connectivity index (χ3v) is 7.07. The second-order valence-corrected chi connectivity index (χ2v) is 9.14. The van der Waals surface area contributed by atoms with Crippen molar-refractivity contribution in [2.45, 2.75) is 31.8 Å². The molecule has 2 aliphatic rings. The Morgan fingerprint density at radius 2 is 1.92 bits per heavy atom. The molecule has 25 heavy (non-hydrogen) atoms. The molecule has 2 fully saturated rings. The molecular formula is C18H26N2O4S. The van der Waals surface area contributed by atoms with E-state index in [0.29, 0.717) is 32.5 Å². The highest BCUT2D eigenvalue weighted by atomic mass is 32.2. The van der Waals surface area contributed by atoms with Crippen LogP contribution >= 0.6 is 0 Å². The van der Waals surface area contributed by atoms with Gasteiger partial charge >= 0.3 is 0 Å². The minimum Gasteiger partial charge on any atom is -0.395 e. The Hall–Kier alpha value is -1.44. The summed E-state index contributed by atoms with van der Waals surface area (Å²) in [6.07, 6.45) is 1.07. The maximum Gasteiger partial charge on any atom is 0.223 e. The van der Waals surface area contributed by atoms with Crippen molar-refractivity contribution < 1.29 is 18.3 Å². The minimum absolute atomic E-state index is 0.00446. The van der Waals surface area contributed by atoms with Crippen molar-refractivity contribution in [2.24, 2.45) is 0 Å². The molecule has 2 saturated heterocycles. The Morgan fingerprint density at radius 1 is 1.20 bits per heavy atom. The predicted octanol–water partition coefficient (Wildman–Crippen LogP) is 0.230. The van der Waals surface area contributed by atoms with Crippen LogP contribution in [0.15, 0.2) is 24.3 Å². The lowest BCUT2D eigenvalue weighted by Gasteiger charge is -2.43. The summed E-state index contributed by atoms with van der Waals surface area (Å²) in [5, 5.41) is 9.21. The van der Waals surface area contributed by atoms with Crippen LogP contribution in [0, 0.1) is 6.92 Å². The highest BCUT2D eigenvalue weighted by molar-refractivity contribution is 7.91. The number of rotatable bonds is 5. The van der Waals surface area contributed by atoms with Gasteiger partial charge in [0, 0.05) is 32.1 Å². The molecule has 7 heteroatoms. The Kier molecular flexibility index (Phi) is 5.46. The van der Waals surface area contributed by atoms with E-state index in [0.717, 1.165) is 5.56 Å². The lowest BCUT2D eigenvalue weighted by molar-refractivity contribution is -0.137. The molecule has 1 aromatic rings. The van der Waals surface area contributed by atoms with E-state index in [1.54, 1.807) is 4.90 Å². The number of β-amino-alcohol motifs (C(OH)–C–C–N with tert-alkyl or cyclic N) is 1. The van der Waals surface area contributed by atoms with Gasteiger partial charge in [-0.2, -0.15) is 0 Å². The van der Waals surface area contributed by atoms with Crippen LogP contribution in [-0.2, 0) is 21.1 Å². The molecule has 2 aliphatic heterocycles. The Bertz CT molecular complexity index is 734. The summed E-state index contributed by atoms with van der Waals surface area (Å²) in [5.74, 6) is 0.147. The highest BCUT2D eigenvalue weighted by Crippen LogP contribution is 2.27. The number of fused-ring (bicyclic) bond motifs is 1. The van der Waals surface area contributed by atoms with Crippen molar-refractivity contribution in [3.8, 4) is 0 Å². The van der Waals surface area contributed by atoms with Gasteiger partial charge in [0.1, 0.15) is 0 Å². The first-order valence-electron chi connectivity index (χ1n) is 8.80. The summed E-state index contributed by atoms with van der Waals surface area (Å²) in [4.78, 5) is 16.5. The van der Waals surface area contributed by atoms with E-state index < -0.39 is 9.84 Å². The average Bonchev–Trinajstić information content (AvgIpc) is 2.89. The van der Waals surface area contributed by atoms with E-state index in [9.17, 15) is 18.3 Å². The van der Waals surface area contributed by atoms with Crippen LogP contribution < -0.4 is 0 Å². The molecule has 0 aromatic heterocycles. The monoisotopic (exact) mass is 366 g/mol. The number of benzene rings is 1. The van der Waals surface area contributed by atoms with Crippen LogP contribution in [0.1, 0.15) is 17.5 Å². The van der Waals surface area contributed by atoms with Gasteiger partial charge in [-0.05, 0) is 24.5 Å². The maximum atomic E-state index is 12.8. The van der Waals surface area contributed by atoms with E-state index in [1.807, 2.05) is 36.1 Å². The van der Waals surface area contributed by atoms with Crippen molar-refractivity contribution in [2.75, 3.05) is 37.7 Å². The second-order valence-electron chi connectivity index (χ2n) is 6.98. The third kappa shape index (κ3) is 4.04. The van der Waals surface area contributed by atoms with Gasteiger partial charge in [0.15, 0.2) is 9.84 Å². The van der Waals surface area contributed by atoms with Crippen LogP contribution in [-0.4, -0.2) is 79.1 Å². The number of piperazine rings is 1. The number of carbonyl (C=O) groups excluding carboxylic acids is 1. The zero-order valence-electron chi connectivity index (χ0n) is 14.6. The van der Waals surface area contributed by atoms with Crippen molar-refractivity contribution in [1.29, 1.82) is 0 Å². The summed E-state index contributed by atoms with van der Waals surface area (Å²) >= 11 is 0. The van der Waals surface area contributed by atoms with Gasteiger partial charge in [-0.1, -0.05) is 24.3 Å². The number of carbonyl (C=O) groups is 1.